The normalized spacial score (nSPS) is 10.4. The van der Waals surface area contributed by atoms with Crippen molar-refractivity contribution in [3.05, 3.63) is 28.7 Å². The molecule has 4 heteroatoms. The number of rotatable bonds is 7. The summed E-state index contributed by atoms with van der Waals surface area (Å²) < 4.78 is 5.34. The summed E-state index contributed by atoms with van der Waals surface area (Å²) in [6.07, 6.45) is 1.88. The number of nitrogens with one attached hydrogen (secondary N) is 1. The molecule has 0 amide bonds. The Kier molecular flexibility index (Phi) is 5.44. The highest BCUT2D eigenvalue weighted by atomic mass is 32.1. The lowest BCUT2D eigenvalue weighted by Crippen LogP contribution is -2.19. The summed E-state index contributed by atoms with van der Waals surface area (Å²) in [5.41, 5.74) is 2.90. The van der Waals surface area contributed by atoms with Gasteiger partial charge in [0.2, 0.25) is 0 Å². The average Bonchev–Trinajstić information content (AvgIpc) is 2.63. The van der Waals surface area contributed by atoms with Gasteiger partial charge in [0.15, 0.2) is 0 Å². The second-order valence-electron chi connectivity index (χ2n) is 3.15. The maximum absolute atomic E-state index is 5.34. The first-order valence-corrected chi connectivity index (χ1v) is 5.47. The maximum Gasteiger partial charge on any atom is 0.0794 e. The first-order valence-electron chi connectivity index (χ1n) is 4.59. The highest BCUT2D eigenvalue weighted by Gasteiger charge is 1.93. The summed E-state index contributed by atoms with van der Waals surface area (Å²) in [5.74, 6) is 0. The van der Waals surface area contributed by atoms with Crippen LogP contribution in [0.1, 0.15) is 11.8 Å². The second-order valence-corrected chi connectivity index (χ2v) is 4.13. The molecule has 1 rings (SSSR count). The lowest BCUT2D eigenvalue weighted by atomic mass is 10.4. The van der Waals surface area contributed by atoms with Crippen molar-refractivity contribution in [1.82, 2.24) is 10.3 Å². The van der Waals surface area contributed by atoms with Gasteiger partial charge >= 0.3 is 0 Å². The van der Waals surface area contributed by atoms with Crippen molar-refractivity contribution in [3.8, 4) is 0 Å². The Balaban J connectivity index is 1.92. The standard InChI is InChI=1S/C10H16N2OS/c1-9(2)7-13-4-3-11-5-10-6-12-8-14-10/h6,8,11H,1,3-5,7H2,2H3. The lowest BCUT2D eigenvalue weighted by molar-refractivity contribution is 0.158. The molecule has 0 bridgehead atoms. The number of hydrogen-bond acceptors (Lipinski definition) is 4. The highest BCUT2D eigenvalue weighted by Crippen LogP contribution is 2.03. The molecule has 0 spiro atoms. The Bertz CT molecular complexity index is 259. The smallest absolute Gasteiger partial charge is 0.0794 e. The van der Waals surface area contributed by atoms with Crippen LogP contribution in [0.4, 0.5) is 0 Å². The van der Waals surface area contributed by atoms with Crippen molar-refractivity contribution >= 4 is 11.3 Å². The molecule has 78 valence electrons. The van der Waals surface area contributed by atoms with E-state index < -0.39 is 0 Å². The van der Waals surface area contributed by atoms with E-state index in [0.29, 0.717) is 6.61 Å². The van der Waals surface area contributed by atoms with Gasteiger partial charge in [0.05, 0.1) is 18.7 Å². The van der Waals surface area contributed by atoms with Crippen LogP contribution < -0.4 is 5.32 Å². The van der Waals surface area contributed by atoms with Crippen molar-refractivity contribution in [2.75, 3.05) is 19.8 Å². The molecular formula is C10H16N2OS. The zero-order valence-corrected chi connectivity index (χ0v) is 9.27. The summed E-state index contributed by atoms with van der Waals surface area (Å²) in [5, 5.41) is 3.28. The summed E-state index contributed by atoms with van der Waals surface area (Å²) in [7, 11) is 0. The molecule has 3 nitrogen and oxygen atoms in total. The zero-order chi connectivity index (χ0) is 10.2. The van der Waals surface area contributed by atoms with Crippen molar-refractivity contribution in [1.29, 1.82) is 0 Å². The molecule has 0 fully saturated rings. The zero-order valence-electron chi connectivity index (χ0n) is 8.45. The molecule has 0 atom stereocenters. The van der Waals surface area contributed by atoms with Crippen LogP contribution in [0.2, 0.25) is 0 Å². The van der Waals surface area contributed by atoms with Gasteiger partial charge in [-0.3, -0.25) is 4.98 Å². The molecule has 0 aromatic carbocycles. The Hall–Kier alpha value is -0.710. The van der Waals surface area contributed by atoms with Crippen molar-refractivity contribution < 1.29 is 4.74 Å². The van der Waals surface area contributed by atoms with Gasteiger partial charge in [0.1, 0.15) is 0 Å². The lowest BCUT2D eigenvalue weighted by Gasteiger charge is -2.04. The Labute approximate surface area is 88.8 Å². The fourth-order valence-corrected chi connectivity index (χ4v) is 1.50. The molecule has 1 aromatic heterocycles. The molecule has 0 radical (unpaired) electrons. The number of aromatic nitrogens is 1. The van der Waals surface area contributed by atoms with Crippen LogP contribution in [0.3, 0.4) is 0 Å². The third-order valence-electron chi connectivity index (χ3n) is 1.55. The fraction of sp³-hybridized carbons (Fsp3) is 0.500. The molecule has 0 aliphatic rings. The number of nitrogens with zero attached hydrogens (tertiary/aromatic N) is 1. The summed E-state index contributed by atoms with van der Waals surface area (Å²) in [6, 6.07) is 0. The minimum atomic E-state index is 0.655. The predicted molar refractivity (Wildman–Crippen MR) is 59.5 cm³/mol. The maximum atomic E-state index is 5.34. The fourth-order valence-electron chi connectivity index (χ4n) is 0.932. The largest absolute Gasteiger partial charge is 0.376 e. The van der Waals surface area contributed by atoms with Gasteiger partial charge < -0.3 is 10.1 Å². The van der Waals surface area contributed by atoms with E-state index >= 15 is 0 Å². The molecule has 0 saturated heterocycles. The van der Waals surface area contributed by atoms with E-state index in [9.17, 15) is 0 Å². The third-order valence-corrected chi connectivity index (χ3v) is 2.33. The minimum Gasteiger partial charge on any atom is -0.376 e. The first kappa shape index (κ1) is 11.4. The van der Waals surface area contributed by atoms with Gasteiger partial charge in [0.25, 0.3) is 0 Å². The van der Waals surface area contributed by atoms with Crippen LogP contribution in [-0.4, -0.2) is 24.7 Å². The number of hydrogen-bond donors (Lipinski definition) is 1. The Morgan fingerprint density at radius 3 is 3.21 bits per heavy atom. The minimum absolute atomic E-state index is 0.655. The number of thiazole rings is 1. The van der Waals surface area contributed by atoms with Crippen LogP contribution in [0.25, 0.3) is 0 Å². The molecule has 0 saturated carbocycles. The van der Waals surface area contributed by atoms with E-state index in [1.165, 1.54) is 4.88 Å². The average molecular weight is 212 g/mol. The highest BCUT2D eigenvalue weighted by molar-refractivity contribution is 7.09. The van der Waals surface area contributed by atoms with Crippen LogP contribution in [0.15, 0.2) is 23.9 Å². The van der Waals surface area contributed by atoms with Gasteiger partial charge in [-0.1, -0.05) is 12.2 Å². The second kappa shape index (κ2) is 6.70. The molecule has 1 N–H and O–H groups in total. The van der Waals surface area contributed by atoms with Crippen molar-refractivity contribution in [3.63, 3.8) is 0 Å². The molecule has 0 unspecified atom stereocenters. The van der Waals surface area contributed by atoms with E-state index in [0.717, 1.165) is 25.3 Å². The molecule has 14 heavy (non-hydrogen) atoms. The van der Waals surface area contributed by atoms with E-state index in [1.54, 1.807) is 11.3 Å². The van der Waals surface area contributed by atoms with Crippen molar-refractivity contribution in [2.24, 2.45) is 0 Å². The van der Waals surface area contributed by atoms with Crippen LogP contribution >= 0.6 is 11.3 Å². The number of ether oxygens (including phenoxy) is 1. The molecule has 0 aliphatic carbocycles. The SMILES string of the molecule is C=C(C)COCCNCc1cncs1. The predicted octanol–water partition coefficient (Wildman–Crippen LogP) is 1.83. The van der Waals surface area contributed by atoms with Gasteiger partial charge in [-0.2, -0.15) is 0 Å². The molecular weight excluding hydrogens is 196 g/mol. The quantitative estimate of drug-likeness (QED) is 0.553. The molecule has 1 aromatic rings. The molecule has 0 aliphatic heterocycles. The van der Waals surface area contributed by atoms with E-state index in [2.05, 4.69) is 16.9 Å². The van der Waals surface area contributed by atoms with Crippen molar-refractivity contribution in [2.45, 2.75) is 13.5 Å². The van der Waals surface area contributed by atoms with Gasteiger partial charge in [0, 0.05) is 24.2 Å². The molecule has 1 heterocycles. The van der Waals surface area contributed by atoms with Gasteiger partial charge in [-0.15, -0.1) is 11.3 Å². The summed E-state index contributed by atoms with van der Waals surface area (Å²) in [4.78, 5) is 5.25. The van der Waals surface area contributed by atoms with Crippen LogP contribution in [0, 0.1) is 0 Å². The van der Waals surface area contributed by atoms with E-state index in [-0.39, 0.29) is 0 Å². The van der Waals surface area contributed by atoms with E-state index in [1.807, 2.05) is 18.6 Å². The van der Waals surface area contributed by atoms with E-state index in [4.69, 9.17) is 4.74 Å². The van der Waals surface area contributed by atoms with Gasteiger partial charge in [-0.25, -0.2) is 0 Å². The Morgan fingerprint density at radius 1 is 1.71 bits per heavy atom. The summed E-state index contributed by atoms with van der Waals surface area (Å²) >= 11 is 1.66. The summed E-state index contributed by atoms with van der Waals surface area (Å²) in [6.45, 7) is 8.85. The van der Waals surface area contributed by atoms with Crippen LogP contribution in [-0.2, 0) is 11.3 Å². The van der Waals surface area contributed by atoms with Gasteiger partial charge in [-0.05, 0) is 6.92 Å². The topological polar surface area (TPSA) is 34.1 Å². The Morgan fingerprint density at radius 2 is 2.57 bits per heavy atom. The first-order chi connectivity index (χ1) is 6.79. The monoisotopic (exact) mass is 212 g/mol. The third kappa shape index (κ3) is 5.11. The van der Waals surface area contributed by atoms with Crippen LogP contribution in [0.5, 0.6) is 0 Å².